The fourth-order valence-corrected chi connectivity index (χ4v) is 1.75. The molecule has 100 valence electrons. The zero-order valence-electron chi connectivity index (χ0n) is 9.94. The fourth-order valence-electron chi connectivity index (χ4n) is 1.75. The van der Waals surface area contributed by atoms with E-state index in [-0.39, 0.29) is 29.5 Å². The van der Waals surface area contributed by atoms with Gasteiger partial charge in [-0.2, -0.15) is 4.98 Å². The van der Waals surface area contributed by atoms with E-state index in [2.05, 4.69) is 10.1 Å². The highest BCUT2D eigenvalue weighted by Crippen LogP contribution is 2.21. The van der Waals surface area contributed by atoms with Crippen LogP contribution in [0.2, 0.25) is 0 Å². The maximum atomic E-state index is 11.3. The van der Waals surface area contributed by atoms with Crippen LogP contribution >= 0.6 is 0 Å². The van der Waals surface area contributed by atoms with Gasteiger partial charge in [-0.1, -0.05) is 0 Å². The number of hydrogen-bond acceptors (Lipinski definition) is 6. The molecule has 0 amide bonds. The molecule has 9 nitrogen and oxygen atoms in total. The number of likely N-dealkylation sites (N-methyl/N-ethyl adjacent to an activating group) is 1. The van der Waals surface area contributed by atoms with Gasteiger partial charge in [0.25, 0.3) is 0 Å². The van der Waals surface area contributed by atoms with Gasteiger partial charge in [0.15, 0.2) is 11.3 Å². The van der Waals surface area contributed by atoms with Crippen LogP contribution in [0.5, 0.6) is 0 Å². The monoisotopic (exact) mass is 265 g/mol. The Kier molecular flexibility index (Phi) is 2.95. The first kappa shape index (κ1) is 12.6. The standard InChI is InChI=1S/C10H11N5O4/c1-14(4-7(16)17)5-2-3-6-12-10(11)13-15(6)8(5)9(18)19/h2-3H,4H2,1H3,(H2,11,13)(H,16,17)(H,18,19). The molecule has 2 rings (SSSR count). The van der Waals surface area contributed by atoms with Crippen molar-refractivity contribution in [1.29, 1.82) is 0 Å². The molecule has 0 bridgehead atoms. The molecule has 0 atom stereocenters. The maximum absolute atomic E-state index is 11.3. The number of fused-ring (bicyclic) bond motifs is 1. The van der Waals surface area contributed by atoms with E-state index in [1.54, 1.807) is 0 Å². The smallest absolute Gasteiger partial charge is 0.356 e. The molecule has 0 aliphatic heterocycles. The van der Waals surface area contributed by atoms with Crippen LogP contribution in [0.15, 0.2) is 12.1 Å². The van der Waals surface area contributed by atoms with Gasteiger partial charge in [-0.15, -0.1) is 5.10 Å². The number of nitrogen functional groups attached to an aromatic ring is 1. The van der Waals surface area contributed by atoms with Gasteiger partial charge in [0.05, 0.1) is 5.69 Å². The highest BCUT2D eigenvalue weighted by Gasteiger charge is 2.20. The topological polar surface area (TPSA) is 134 Å². The Hall–Kier alpha value is -2.84. The lowest BCUT2D eigenvalue weighted by atomic mass is 10.2. The number of carboxylic acid groups (broad SMARTS) is 2. The number of carbonyl (C=O) groups is 2. The van der Waals surface area contributed by atoms with E-state index in [9.17, 15) is 14.7 Å². The second kappa shape index (κ2) is 4.44. The lowest BCUT2D eigenvalue weighted by molar-refractivity contribution is -0.135. The van der Waals surface area contributed by atoms with Crippen LogP contribution in [0, 0.1) is 0 Å². The number of nitrogens with two attached hydrogens (primary N) is 1. The van der Waals surface area contributed by atoms with E-state index in [0.29, 0.717) is 0 Å². The van der Waals surface area contributed by atoms with Crippen LogP contribution in [0.4, 0.5) is 11.6 Å². The number of aliphatic carboxylic acids is 1. The third-order valence-corrected chi connectivity index (χ3v) is 2.48. The van der Waals surface area contributed by atoms with Crippen molar-refractivity contribution in [1.82, 2.24) is 14.6 Å². The second-order valence-electron chi connectivity index (χ2n) is 3.86. The molecular weight excluding hydrogens is 254 g/mol. The Labute approximate surface area is 106 Å². The lowest BCUT2D eigenvalue weighted by Gasteiger charge is -2.18. The number of aromatic carboxylic acids is 1. The third-order valence-electron chi connectivity index (χ3n) is 2.48. The van der Waals surface area contributed by atoms with Gasteiger partial charge in [0.1, 0.15) is 6.54 Å². The van der Waals surface area contributed by atoms with Crippen molar-refractivity contribution in [3.8, 4) is 0 Å². The molecular formula is C10H11N5O4. The number of rotatable bonds is 4. The van der Waals surface area contributed by atoms with Gasteiger partial charge in [0, 0.05) is 7.05 Å². The van der Waals surface area contributed by atoms with Gasteiger partial charge in [-0.25, -0.2) is 9.31 Å². The van der Waals surface area contributed by atoms with Crippen molar-refractivity contribution < 1.29 is 19.8 Å². The Bertz CT molecular complexity index is 665. The largest absolute Gasteiger partial charge is 0.480 e. The van der Waals surface area contributed by atoms with Crippen LogP contribution in [0.3, 0.4) is 0 Å². The molecule has 19 heavy (non-hydrogen) atoms. The van der Waals surface area contributed by atoms with Crippen molar-refractivity contribution in [2.24, 2.45) is 0 Å². The van der Waals surface area contributed by atoms with Crippen molar-refractivity contribution in [2.45, 2.75) is 0 Å². The molecule has 2 aromatic rings. The predicted octanol–water partition coefficient (Wildman–Crippen LogP) is -0.469. The second-order valence-corrected chi connectivity index (χ2v) is 3.86. The summed E-state index contributed by atoms with van der Waals surface area (Å²) in [6, 6.07) is 2.99. The molecule has 9 heteroatoms. The Morgan fingerprint density at radius 2 is 2.11 bits per heavy atom. The molecule has 2 heterocycles. The molecule has 0 aromatic carbocycles. The summed E-state index contributed by atoms with van der Waals surface area (Å²) in [4.78, 5) is 27.2. The molecule has 4 N–H and O–H groups in total. The minimum Gasteiger partial charge on any atom is -0.480 e. The quantitative estimate of drug-likeness (QED) is 0.675. The summed E-state index contributed by atoms with van der Waals surface area (Å²) < 4.78 is 1.07. The van der Waals surface area contributed by atoms with E-state index in [1.807, 2.05) is 0 Å². The first-order valence-electron chi connectivity index (χ1n) is 5.21. The van der Waals surface area contributed by atoms with Gasteiger partial charge < -0.3 is 20.8 Å². The van der Waals surface area contributed by atoms with Crippen LogP contribution < -0.4 is 10.6 Å². The minimum atomic E-state index is -1.25. The molecule has 0 fully saturated rings. The zero-order chi connectivity index (χ0) is 14.2. The van der Waals surface area contributed by atoms with E-state index in [1.165, 1.54) is 24.1 Å². The SMILES string of the molecule is CN(CC(=O)O)c1ccc2nc(N)nn2c1C(=O)O. The number of carboxylic acids is 2. The molecule has 0 aliphatic rings. The molecule has 0 saturated heterocycles. The predicted molar refractivity (Wildman–Crippen MR) is 65.3 cm³/mol. The van der Waals surface area contributed by atoms with E-state index in [0.717, 1.165) is 4.52 Å². The first-order valence-corrected chi connectivity index (χ1v) is 5.21. The zero-order valence-corrected chi connectivity index (χ0v) is 9.94. The Morgan fingerprint density at radius 3 is 2.68 bits per heavy atom. The molecule has 0 spiro atoms. The summed E-state index contributed by atoms with van der Waals surface area (Å²) in [6.07, 6.45) is 0. The van der Waals surface area contributed by atoms with Crippen LogP contribution in [-0.4, -0.2) is 50.3 Å². The van der Waals surface area contributed by atoms with Crippen molar-refractivity contribution >= 4 is 29.2 Å². The number of nitrogens with zero attached hydrogens (tertiary/aromatic N) is 4. The summed E-state index contributed by atoms with van der Waals surface area (Å²) >= 11 is 0. The van der Waals surface area contributed by atoms with Crippen LogP contribution in [0.1, 0.15) is 10.5 Å². The molecule has 0 saturated carbocycles. The normalized spacial score (nSPS) is 10.6. The number of anilines is 2. The summed E-state index contributed by atoms with van der Waals surface area (Å²) in [7, 11) is 1.47. The van der Waals surface area contributed by atoms with Gasteiger partial charge >= 0.3 is 11.9 Å². The maximum Gasteiger partial charge on any atom is 0.356 e. The minimum absolute atomic E-state index is 0.0551. The molecule has 0 unspecified atom stereocenters. The molecule has 0 radical (unpaired) electrons. The van der Waals surface area contributed by atoms with Crippen molar-refractivity contribution in [3.05, 3.63) is 17.8 Å². The van der Waals surface area contributed by atoms with E-state index in [4.69, 9.17) is 10.8 Å². The highest BCUT2D eigenvalue weighted by atomic mass is 16.4. The average molecular weight is 265 g/mol. The lowest BCUT2D eigenvalue weighted by Crippen LogP contribution is -2.27. The summed E-state index contributed by atoms with van der Waals surface area (Å²) in [6.45, 7) is -0.337. The average Bonchev–Trinajstić information content (AvgIpc) is 2.66. The van der Waals surface area contributed by atoms with E-state index < -0.39 is 11.9 Å². The van der Waals surface area contributed by atoms with Gasteiger partial charge in [-0.05, 0) is 12.1 Å². The van der Waals surface area contributed by atoms with E-state index >= 15 is 0 Å². The Morgan fingerprint density at radius 1 is 1.42 bits per heavy atom. The van der Waals surface area contributed by atoms with Crippen molar-refractivity contribution in [3.63, 3.8) is 0 Å². The van der Waals surface area contributed by atoms with Gasteiger partial charge in [-0.3, -0.25) is 4.79 Å². The fraction of sp³-hybridized carbons (Fsp3) is 0.200. The Balaban J connectivity index is 2.63. The summed E-state index contributed by atoms with van der Waals surface area (Å²) in [5.74, 6) is -2.37. The summed E-state index contributed by atoms with van der Waals surface area (Å²) in [5, 5.41) is 21.8. The summed E-state index contributed by atoms with van der Waals surface area (Å²) in [5.41, 5.74) is 5.73. The van der Waals surface area contributed by atoms with Gasteiger partial charge in [0.2, 0.25) is 5.95 Å². The molecule has 2 aromatic heterocycles. The number of hydrogen-bond donors (Lipinski definition) is 3. The molecule has 0 aliphatic carbocycles. The number of pyridine rings is 1. The van der Waals surface area contributed by atoms with Crippen LogP contribution in [0.25, 0.3) is 5.65 Å². The number of aromatic nitrogens is 3. The first-order chi connectivity index (χ1) is 8.90. The highest BCUT2D eigenvalue weighted by molar-refractivity contribution is 5.94. The van der Waals surface area contributed by atoms with Crippen molar-refractivity contribution in [2.75, 3.05) is 24.2 Å². The third kappa shape index (κ3) is 2.25. The van der Waals surface area contributed by atoms with Crippen LogP contribution in [-0.2, 0) is 4.79 Å².